The smallest absolute Gasteiger partial charge is 0.239 e. The SMILES string of the molecule is CN(C)c1ccc(C2C(=O)C(=C3C=CC(=[N+](C)C)S3)C2O)o1. The number of hydrogen-bond acceptors (Lipinski definition) is 5. The molecule has 1 saturated carbocycles. The van der Waals surface area contributed by atoms with Crippen LogP contribution < -0.4 is 4.90 Å². The molecule has 2 aliphatic rings. The minimum Gasteiger partial charge on any atom is -0.445 e. The van der Waals surface area contributed by atoms with Crippen LogP contribution in [0.5, 0.6) is 0 Å². The second kappa shape index (κ2) is 5.44. The zero-order chi connectivity index (χ0) is 16.0. The third-order valence-electron chi connectivity index (χ3n) is 3.82. The first kappa shape index (κ1) is 15.1. The van der Waals surface area contributed by atoms with E-state index in [9.17, 15) is 9.90 Å². The second-order valence-corrected chi connectivity index (χ2v) is 6.87. The van der Waals surface area contributed by atoms with Gasteiger partial charge in [-0.3, -0.25) is 4.79 Å². The zero-order valence-electron chi connectivity index (χ0n) is 13.0. The van der Waals surface area contributed by atoms with E-state index >= 15 is 0 Å². The van der Waals surface area contributed by atoms with E-state index in [-0.39, 0.29) is 5.78 Å². The molecule has 116 valence electrons. The van der Waals surface area contributed by atoms with Crippen LogP contribution in [-0.2, 0) is 4.79 Å². The van der Waals surface area contributed by atoms with Gasteiger partial charge in [-0.1, -0.05) is 0 Å². The third-order valence-corrected chi connectivity index (χ3v) is 5.10. The lowest BCUT2D eigenvalue weighted by molar-refractivity contribution is -0.460. The molecule has 2 heterocycles. The van der Waals surface area contributed by atoms with E-state index in [1.165, 1.54) is 11.8 Å². The zero-order valence-corrected chi connectivity index (χ0v) is 13.8. The van der Waals surface area contributed by atoms with Crippen LogP contribution in [0.1, 0.15) is 11.7 Å². The van der Waals surface area contributed by atoms with Gasteiger partial charge in [-0.2, -0.15) is 0 Å². The summed E-state index contributed by atoms with van der Waals surface area (Å²) in [7, 11) is 7.64. The molecule has 2 atom stereocenters. The molecule has 2 unspecified atom stereocenters. The van der Waals surface area contributed by atoms with Crippen LogP contribution >= 0.6 is 11.8 Å². The first-order valence-corrected chi connectivity index (χ1v) is 7.85. The number of ketones is 1. The average molecular weight is 319 g/mol. The minimum absolute atomic E-state index is 0.0562. The van der Waals surface area contributed by atoms with E-state index in [1.807, 2.05) is 55.9 Å². The highest BCUT2D eigenvalue weighted by molar-refractivity contribution is 8.18. The van der Waals surface area contributed by atoms with Crippen molar-refractivity contribution in [3.05, 3.63) is 40.5 Å². The molecule has 1 aliphatic carbocycles. The lowest BCUT2D eigenvalue weighted by Gasteiger charge is -2.33. The predicted molar refractivity (Wildman–Crippen MR) is 87.7 cm³/mol. The molecule has 0 bridgehead atoms. The van der Waals surface area contributed by atoms with Gasteiger partial charge in [-0.25, -0.2) is 4.58 Å². The fraction of sp³-hybridized carbons (Fsp3) is 0.375. The van der Waals surface area contributed by atoms with Gasteiger partial charge in [0, 0.05) is 36.7 Å². The van der Waals surface area contributed by atoms with Crippen molar-refractivity contribution in [1.82, 2.24) is 0 Å². The molecule has 3 rings (SSSR count). The van der Waals surface area contributed by atoms with Gasteiger partial charge in [0.1, 0.15) is 31.9 Å². The fourth-order valence-electron chi connectivity index (χ4n) is 2.54. The number of carbonyl (C=O) groups is 1. The summed E-state index contributed by atoms with van der Waals surface area (Å²) in [5.74, 6) is 0.553. The first-order chi connectivity index (χ1) is 10.4. The molecule has 1 aromatic heterocycles. The number of anilines is 1. The van der Waals surface area contributed by atoms with Crippen LogP contribution in [-0.4, -0.2) is 54.8 Å². The Bertz CT molecular complexity index is 724. The number of hydrogen-bond donors (Lipinski definition) is 1. The molecule has 1 fully saturated rings. The van der Waals surface area contributed by atoms with Crippen LogP contribution in [0.15, 0.2) is 39.2 Å². The Kier molecular flexibility index (Phi) is 3.74. The Morgan fingerprint density at radius 2 is 2.00 bits per heavy atom. The summed E-state index contributed by atoms with van der Waals surface area (Å²) in [6.07, 6.45) is 3.04. The van der Waals surface area contributed by atoms with Gasteiger partial charge < -0.3 is 14.4 Å². The summed E-state index contributed by atoms with van der Waals surface area (Å²) in [5.41, 5.74) is 0.492. The number of aliphatic hydroxyl groups is 1. The Morgan fingerprint density at radius 1 is 1.27 bits per heavy atom. The van der Waals surface area contributed by atoms with Crippen molar-refractivity contribution in [2.75, 3.05) is 33.1 Å². The number of Topliss-reactive ketones (excluding diaryl/α,β-unsaturated/α-hetero) is 1. The molecule has 22 heavy (non-hydrogen) atoms. The summed E-state index contributed by atoms with van der Waals surface area (Å²) in [6, 6.07) is 3.57. The maximum atomic E-state index is 12.5. The van der Waals surface area contributed by atoms with Gasteiger partial charge in [0.25, 0.3) is 0 Å². The molecule has 1 N–H and O–H groups in total. The summed E-state index contributed by atoms with van der Waals surface area (Å²) >= 11 is 1.51. The van der Waals surface area contributed by atoms with Gasteiger partial charge in [0.2, 0.25) is 5.04 Å². The molecule has 5 nitrogen and oxygen atoms in total. The Labute approximate surface area is 133 Å². The summed E-state index contributed by atoms with van der Waals surface area (Å²) in [4.78, 5) is 15.1. The van der Waals surface area contributed by atoms with Crippen molar-refractivity contribution in [1.29, 1.82) is 0 Å². The molecular formula is C16H19N2O3S+. The van der Waals surface area contributed by atoms with Gasteiger partial charge >= 0.3 is 0 Å². The maximum absolute atomic E-state index is 12.5. The highest BCUT2D eigenvalue weighted by atomic mass is 32.2. The Balaban J connectivity index is 1.85. The molecule has 1 aliphatic heterocycles. The lowest BCUT2D eigenvalue weighted by Crippen LogP contribution is -2.43. The van der Waals surface area contributed by atoms with Crippen molar-refractivity contribution in [2.45, 2.75) is 12.0 Å². The highest BCUT2D eigenvalue weighted by Gasteiger charge is 2.49. The van der Waals surface area contributed by atoms with Crippen molar-refractivity contribution >= 4 is 28.5 Å². The summed E-state index contributed by atoms with van der Waals surface area (Å²) in [6.45, 7) is 0. The molecule has 0 amide bonds. The second-order valence-electron chi connectivity index (χ2n) is 5.80. The van der Waals surface area contributed by atoms with E-state index in [4.69, 9.17) is 4.42 Å². The number of rotatable bonds is 2. The molecule has 0 saturated heterocycles. The third kappa shape index (κ3) is 2.32. The number of furan rings is 1. The molecular weight excluding hydrogens is 300 g/mol. The standard InChI is InChI=1S/C16H19N2O3S/c1-17(2)11-7-5-9(21-11)13-15(19)14(16(13)20)10-6-8-12(22-10)18(3)4/h5-8,13,15,19H,1-4H3/q+1. The normalized spacial score (nSPS) is 27.3. The highest BCUT2D eigenvalue weighted by Crippen LogP contribution is 2.45. The van der Waals surface area contributed by atoms with E-state index in [1.54, 1.807) is 6.07 Å². The minimum atomic E-state index is -0.803. The largest absolute Gasteiger partial charge is 0.445 e. The van der Waals surface area contributed by atoms with Crippen LogP contribution in [0.25, 0.3) is 0 Å². The number of thioether (sulfide) groups is 1. The van der Waals surface area contributed by atoms with Crippen LogP contribution in [0.3, 0.4) is 0 Å². The lowest BCUT2D eigenvalue weighted by atomic mass is 9.73. The molecule has 1 aromatic rings. The number of aliphatic hydroxyl groups excluding tert-OH is 1. The Hall–Kier alpha value is -1.79. The molecule has 6 heteroatoms. The van der Waals surface area contributed by atoms with Gasteiger partial charge in [0.05, 0.1) is 0 Å². The van der Waals surface area contributed by atoms with Crippen LogP contribution in [0.2, 0.25) is 0 Å². The van der Waals surface area contributed by atoms with Crippen LogP contribution in [0, 0.1) is 0 Å². The summed E-state index contributed by atoms with van der Waals surface area (Å²) < 4.78 is 7.63. The number of allylic oxidation sites excluding steroid dienone is 1. The average Bonchev–Trinajstić information content (AvgIpc) is 3.08. The summed E-state index contributed by atoms with van der Waals surface area (Å²) in [5, 5.41) is 11.5. The van der Waals surface area contributed by atoms with Gasteiger partial charge in [-0.15, -0.1) is 0 Å². The van der Waals surface area contributed by atoms with Gasteiger partial charge in [-0.05, 0) is 23.9 Å². The van der Waals surface area contributed by atoms with Crippen molar-refractivity contribution in [2.24, 2.45) is 0 Å². The topological polar surface area (TPSA) is 56.7 Å². The molecule has 0 spiro atoms. The van der Waals surface area contributed by atoms with E-state index < -0.39 is 12.0 Å². The molecule has 0 radical (unpaired) electrons. The van der Waals surface area contributed by atoms with E-state index in [0.29, 0.717) is 17.2 Å². The van der Waals surface area contributed by atoms with Crippen molar-refractivity contribution < 1.29 is 18.9 Å². The number of nitrogens with zero attached hydrogens (tertiary/aromatic N) is 2. The van der Waals surface area contributed by atoms with Crippen LogP contribution in [0.4, 0.5) is 5.88 Å². The molecule has 0 aromatic carbocycles. The number of carbonyl (C=O) groups excluding carboxylic acids is 1. The van der Waals surface area contributed by atoms with Crippen molar-refractivity contribution in [3.63, 3.8) is 0 Å². The fourth-order valence-corrected chi connectivity index (χ4v) is 3.55. The Morgan fingerprint density at radius 3 is 2.50 bits per heavy atom. The monoisotopic (exact) mass is 319 g/mol. The quantitative estimate of drug-likeness (QED) is 0.663. The van der Waals surface area contributed by atoms with Gasteiger partial charge in [0.15, 0.2) is 11.7 Å². The maximum Gasteiger partial charge on any atom is 0.239 e. The van der Waals surface area contributed by atoms with Crippen molar-refractivity contribution in [3.8, 4) is 0 Å². The predicted octanol–water partition coefficient (Wildman–Crippen LogP) is 1.60. The first-order valence-electron chi connectivity index (χ1n) is 7.04. The van der Waals surface area contributed by atoms with E-state index in [0.717, 1.165) is 9.95 Å². The van der Waals surface area contributed by atoms with E-state index in [2.05, 4.69) is 0 Å².